The second-order valence-corrected chi connectivity index (χ2v) is 5.11. The monoisotopic (exact) mass is 263 g/mol. The highest BCUT2D eigenvalue weighted by atomic mass is 16.5. The third kappa shape index (κ3) is 3.78. The van der Waals surface area contributed by atoms with Gasteiger partial charge in [0, 0.05) is 13.1 Å². The average molecular weight is 263 g/mol. The summed E-state index contributed by atoms with van der Waals surface area (Å²) >= 11 is 0. The van der Waals surface area contributed by atoms with Crippen molar-refractivity contribution in [1.82, 2.24) is 4.90 Å². The average Bonchev–Trinajstić information content (AvgIpc) is 2.34. The molecule has 0 aliphatic carbocycles. The van der Waals surface area contributed by atoms with Gasteiger partial charge in [-0.15, -0.1) is 0 Å². The molecule has 1 unspecified atom stereocenters. The molecule has 4 heteroatoms. The van der Waals surface area contributed by atoms with E-state index in [1.54, 1.807) is 0 Å². The number of aryl methyl sites for hydroxylation is 2. The summed E-state index contributed by atoms with van der Waals surface area (Å²) in [5, 5.41) is 0. The molecule has 1 aliphatic heterocycles. The molecule has 0 saturated carbocycles. The highest BCUT2D eigenvalue weighted by Crippen LogP contribution is 2.22. The fourth-order valence-corrected chi connectivity index (χ4v) is 2.32. The molecule has 1 saturated heterocycles. The minimum atomic E-state index is -0.202. The third-order valence-electron chi connectivity index (χ3n) is 3.30. The predicted octanol–water partition coefficient (Wildman–Crippen LogP) is 1.93. The lowest BCUT2D eigenvalue weighted by molar-refractivity contribution is -0.137. The first-order chi connectivity index (χ1) is 9.06. The number of hydrogen-bond acceptors (Lipinski definition) is 4. The van der Waals surface area contributed by atoms with Crippen LogP contribution in [0.25, 0.3) is 0 Å². The van der Waals surface area contributed by atoms with Gasteiger partial charge in [-0.05, 0) is 31.9 Å². The van der Waals surface area contributed by atoms with Crippen LogP contribution in [-0.2, 0) is 9.53 Å². The van der Waals surface area contributed by atoms with Gasteiger partial charge in [-0.1, -0.05) is 18.2 Å². The van der Waals surface area contributed by atoms with E-state index in [9.17, 15) is 4.79 Å². The summed E-state index contributed by atoms with van der Waals surface area (Å²) in [7, 11) is 0. The normalized spacial score (nSPS) is 20.3. The first kappa shape index (κ1) is 14.0. The molecule has 0 N–H and O–H groups in total. The van der Waals surface area contributed by atoms with E-state index < -0.39 is 0 Å². The zero-order chi connectivity index (χ0) is 13.8. The second kappa shape index (κ2) is 6.17. The Kier molecular flexibility index (Phi) is 4.56. The van der Waals surface area contributed by atoms with Crippen molar-refractivity contribution < 1.29 is 14.3 Å². The predicted molar refractivity (Wildman–Crippen MR) is 73.4 cm³/mol. The molecule has 0 amide bonds. The smallest absolute Gasteiger partial charge is 0.325 e. The number of ether oxygens (including phenoxy) is 2. The molecule has 1 aliphatic rings. The van der Waals surface area contributed by atoms with Crippen molar-refractivity contribution in [3.63, 3.8) is 0 Å². The van der Waals surface area contributed by atoms with E-state index in [4.69, 9.17) is 9.47 Å². The van der Waals surface area contributed by atoms with E-state index in [0.717, 1.165) is 24.2 Å². The Morgan fingerprint density at radius 1 is 1.42 bits per heavy atom. The maximum atomic E-state index is 12.0. The number of para-hydroxylation sites is 1. The van der Waals surface area contributed by atoms with E-state index in [1.165, 1.54) is 0 Å². The Balaban J connectivity index is 1.94. The fraction of sp³-hybridized carbons (Fsp3) is 0.533. The van der Waals surface area contributed by atoms with Crippen LogP contribution in [0.1, 0.15) is 18.1 Å². The summed E-state index contributed by atoms with van der Waals surface area (Å²) < 4.78 is 10.9. The van der Waals surface area contributed by atoms with Gasteiger partial charge in [-0.3, -0.25) is 9.69 Å². The molecule has 2 rings (SSSR count). The molecule has 0 aromatic heterocycles. The number of nitrogens with zero attached hydrogens (tertiary/aromatic N) is 1. The van der Waals surface area contributed by atoms with Crippen LogP contribution in [-0.4, -0.2) is 43.2 Å². The van der Waals surface area contributed by atoms with Gasteiger partial charge in [0.2, 0.25) is 0 Å². The molecule has 104 valence electrons. The number of morpholine rings is 1. The first-order valence-corrected chi connectivity index (χ1v) is 6.67. The summed E-state index contributed by atoms with van der Waals surface area (Å²) in [6.45, 7) is 8.48. The van der Waals surface area contributed by atoms with Crippen LogP contribution >= 0.6 is 0 Å². The molecular formula is C15H21NO3. The lowest BCUT2D eigenvalue weighted by Crippen LogP contribution is -2.44. The molecule has 19 heavy (non-hydrogen) atoms. The Labute approximate surface area is 114 Å². The third-order valence-corrected chi connectivity index (χ3v) is 3.30. The van der Waals surface area contributed by atoms with Crippen molar-refractivity contribution in [2.24, 2.45) is 0 Å². The van der Waals surface area contributed by atoms with Crippen molar-refractivity contribution in [3.05, 3.63) is 29.3 Å². The Hall–Kier alpha value is -1.39. The second-order valence-electron chi connectivity index (χ2n) is 5.11. The molecule has 4 nitrogen and oxygen atoms in total. The van der Waals surface area contributed by atoms with Crippen molar-refractivity contribution >= 4 is 5.97 Å². The van der Waals surface area contributed by atoms with Crippen molar-refractivity contribution in [3.8, 4) is 5.75 Å². The summed E-state index contributed by atoms with van der Waals surface area (Å²) in [6.07, 6.45) is 0.182. The highest BCUT2D eigenvalue weighted by molar-refractivity contribution is 5.75. The molecular weight excluding hydrogens is 242 g/mol. The molecule has 0 bridgehead atoms. The Bertz CT molecular complexity index is 438. The Morgan fingerprint density at radius 2 is 2.11 bits per heavy atom. The van der Waals surface area contributed by atoms with Crippen molar-refractivity contribution in [2.75, 3.05) is 26.2 Å². The van der Waals surface area contributed by atoms with Crippen LogP contribution in [0.4, 0.5) is 0 Å². The van der Waals surface area contributed by atoms with Gasteiger partial charge in [0.05, 0.1) is 19.3 Å². The molecule has 0 radical (unpaired) electrons. The zero-order valence-corrected chi connectivity index (χ0v) is 11.8. The van der Waals surface area contributed by atoms with Crippen LogP contribution in [0.15, 0.2) is 18.2 Å². The highest BCUT2D eigenvalue weighted by Gasteiger charge is 2.20. The number of carbonyl (C=O) groups is 1. The molecule has 1 aromatic rings. The van der Waals surface area contributed by atoms with Crippen LogP contribution in [0, 0.1) is 13.8 Å². The minimum absolute atomic E-state index is 0.182. The van der Waals surface area contributed by atoms with E-state index in [1.807, 2.05) is 39.0 Å². The topological polar surface area (TPSA) is 38.8 Å². The summed E-state index contributed by atoms with van der Waals surface area (Å²) in [5.41, 5.74) is 1.98. The van der Waals surface area contributed by atoms with E-state index in [2.05, 4.69) is 4.90 Å². The number of hydrogen-bond donors (Lipinski definition) is 0. The quantitative estimate of drug-likeness (QED) is 0.617. The number of benzene rings is 1. The van der Waals surface area contributed by atoms with Crippen molar-refractivity contribution in [1.29, 1.82) is 0 Å². The molecule has 1 aromatic carbocycles. The first-order valence-electron chi connectivity index (χ1n) is 6.67. The maximum Gasteiger partial charge on any atom is 0.325 e. The van der Waals surface area contributed by atoms with E-state index >= 15 is 0 Å². The van der Waals surface area contributed by atoms with Crippen LogP contribution in [0.2, 0.25) is 0 Å². The maximum absolute atomic E-state index is 12.0. The van der Waals surface area contributed by atoms with E-state index in [0.29, 0.717) is 18.9 Å². The Morgan fingerprint density at radius 3 is 2.74 bits per heavy atom. The number of carbonyl (C=O) groups excluding carboxylic acids is 1. The minimum Gasteiger partial charge on any atom is -0.425 e. The van der Waals surface area contributed by atoms with Crippen LogP contribution in [0.3, 0.4) is 0 Å². The van der Waals surface area contributed by atoms with Gasteiger partial charge >= 0.3 is 5.97 Å². The largest absolute Gasteiger partial charge is 0.425 e. The summed E-state index contributed by atoms with van der Waals surface area (Å²) in [4.78, 5) is 14.1. The zero-order valence-electron chi connectivity index (χ0n) is 11.8. The molecule has 0 spiro atoms. The fourth-order valence-electron chi connectivity index (χ4n) is 2.32. The van der Waals surface area contributed by atoms with Gasteiger partial charge in [-0.25, -0.2) is 0 Å². The van der Waals surface area contributed by atoms with Crippen LogP contribution < -0.4 is 4.74 Å². The molecule has 1 fully saturated rings. The summed E-state index contributed by atoms with van der Waals surface area (Å²) in [5.74, 6) is 0.486. The van der Waals surface area contributed by atoms with Gasteiger partial charge in [0.1, 0.15) is 5.75 Å². The van der Waals surface area contributed by atoms with E-state index in [-0.39, 0.29) is 12.1 Å². The van der Waals surface area contributed by atoms with Gasteiger partial charge in [0.25, 0.3) is 0 Å². The SMILES string of the molecule is Cc1cccc(C)c1OC(=O)CN1CCOC(C)C1. The van der Waals surface area contributed by atoms with Gasteiger partial charge < -0.3 is 9.47 Å². The van der Waals surface area contributed by atoms with Gasteiger partial charge in [-0.2, -0.15) is 0 Å². The lowest BCUT2D eigenvalue weighted by Gasteiger charge is -2.30. The van der Waals surface area contributed by atoms with Crippen LogP contribution in [0.5, 0.6) is 5.75 Å². The molecule has 1 atom stereocenters. The molecule has 1 heterocycles. The standard InChI is InChI=1S/C15H21NO3/c1-11-5-4-6-12(2)15(11)19-14(17)10-16-7-8-18-13(3)9-16/h4-6,13H,7-10H2,1-3H3. The summed E-state index contributed by atoms with van der Waals surface area (Å²) in [6, 6.07) is 5.87. The number of esters is 1. The van der Waals surface area contributed by atoms with Crippen molar-refractivity contribution in [2.45, 2.75) is 26.9 Å². The van der Waals surface area contributed by atoms with Gasteiger partial charge in [0.15, 0.2) is 0 Å². The lowest BCUT2D eigenvalue weighted by atomic mass is 10.1. The number of rotatable bonds is 3.